The van der Waals surface area contributed by atoms with Gasteiger partial charge in [-0.2, -0.15) is 0 Å². The van der Waals surface area contributed by atoms with Crippen molar-refractivity contribution in [1.29, 1.82) is 0 Å². The number of aromatic hydroxyl groups is 1. The van der Waals surface area contributed by atoms with Gasteiger partial charge in [0.1, 0.15) is 22.5 Å². The molecule has 156 valence electrons. The molecule has 4 nitrogen and oxygen atoms in total. The van der Waals surface area contributed by atoms with Crippen LogP contribution in [0.2, 0.25) is 0 Å². The van der Waals surface area contributed by atoms with Crippen molar-refractivity contribution in [1.82, 2.24) is 15.0 Å². The number of benzene rings is 2. The molecular formula is C25H35N3O. The predicted molar refractivity (Wildman–Crippen MR) is 121 cm³/mol. The largest absolute Gasteiger partial charge is 0.506 e. The zero-order valence-corrected chi connectivity index (χ0v) is 18.0. The van der Waals surface area contributed by atoms with Crippen LogP contribution in [0.25, 0.3) is 16.7 Å². The summed E-state index contributed by atoms with van der Waals surface area (Å²) < 4.78 is 0. The van der Waals surface area contributed by atoms with Gasteiger partial charge >= 0.3 is 0 Å². The first-order valence-electron chi connectivity index (χ1n) is 11.4. The van der Waals surface area contributed by atoms with Crippen LogP contribution in [0, 0.1) is 0 Å². The van der Waals surface area contributed by atoms with Gasteiger partial charge in [-0.1, -0.05) is 77.3 Å². The van der Waals surface area contributed by atoms with Gasteiger partial charge in [-0.15, -0.1) is 15.0 Å². The monoisotopic (exact) mass is 393 g/mol. The van der Waals surface area contributed by atoms with Crippen molar-refractivity contribution in [3.05, 3.63) is 47.5 Å². The minimum atomic E-state index is 0.246. The first kappa shape index (κ1) is 21.4. The Morgan fingerprint density at radius 2 is 1.34 bits per heavy atom. The summed E-state index contributed by atoms with van der Waals surface area (Å²) in [6.07, 6.45) is 13.7. The minimum Gasteiger partial charge on any atom is -0.506 e. The fraction of sp³-hybridized carbons (Fsp3) is 0.520. The molecule has 3 aromatic rings. The summed E-state index contributed by atoms with van der Waals surface area (Å²) in [6, 6.07) is 12.1. The molecule has 0 aliphatic carbocycles. The molecule has 0 amide bonds. The maximum atomic E-state index is 10.5. The average molecular weight is 394 g/mol. The molecule has 29 heavy (non-hydrogen) atoms. The Morgan fingerprint density at radius 3 is 2.07 bits per heavy atom. The van der Waals surface area contributed by atoms with Crippen LogP contribution < -0.4 is 0 Å². The predicted octanol–water partition coefficient (Wildman–Crippen LogP) is 6.76. The number of unbranched alkanes of at least 4 members (excludes halogenated alkanes) is 7. The molecule has 0 atom stereocenters. The average Bonchev–Trinajstić information content (AvgIpc) is 3.13. The van der Waals surface area contributed by atoms with Crippen molar-refractivity contribution in [2.45, 2.75) is 84.5 Å². The maximum absolute atomic E-state index is 10.5. The van der Waals surface area contributed by atoms with Crippen molar-refractivity contribution in [3.63, 3.8) is 0 Å². The van der Waals surface area contributed by atoms with E-state index in [4.69, 9.17) is 0 Å². The van der Waals surface area contributed by atoms with Gasteiger partial charge in [0.05, 0.1) is 0 Å². The summed E-state index contributed by atoms with van der Waals surface area (Å²) in [4.78, 5) is 1.55. The van der Waals surface area contributed by atoms with Crippen LogP contribution >= 0.6 is 0 Å². The summed E-state index contributed by atoms with van der Waals surface area (Å²) in [5.74, 6) is 0.246. The van der Waals surface area contributed by atoms with Crippen molar-refractivity contribution in [2.24, 2.45) is 0 Å². The van der Waals surface area contributed by atoms with Crippen LogP contribution in [0.5, 0.6) is 5.75 Å². The number of nitrogens with zero attached hydrogens (tertiary/aromatic N) is 3. The number of phenolic OH excluding ortho intramolecular Hbond substituents is 1. The van der Waals surface area contributed by atoms with E-state index in [9.17, 15) is 5.11 Å². The van der Waals surface area contributed by atoms with E-state index in [0.29, 0.717) is 5.69 Å². The molecule has 1 aromatic heterocycles. The highest BCUT2D eigenvalue weighted by atomic mass is 16.3. The second-order valence-corrected chi connectivity index (χ2v) is 8.11. The summed E-state index contributed by atoms with van der Waals surface area (Å²) in [6.45, 7) is 4.43. The van der Waals surface area contributed by atoms with Crippen LogP contribution in [0.4, 0.5) is 0 Å². The fourth-order valence-corrected chi connectivity index (χ4v) is 3.87. The Balaban J connectivity index is 1.56. The van der Waals surface area contributed by atoms with E-state index < -0.39 is 0 Å². The number of aryl methyl sites for hydroxylation is 2. The number of fused-ring (bicyclic) bond motifs is 1. The van der Waals surface area contributed by atoms with E-state index in [-0.39, 0.29) is 5.75 Å². The van der Waals surface area contributed by atoms with Gasteiger partial charge in [-0.3, -0.25) is 0 Å². The van der Waals surface area contributed by atoms with Gasteiger partial charge in [-0.05, 0) is 54.7 Å². The van der Waals surface area contributed by atoms with Gasteiger partial charge in [0.2, 0.25) is 0 Å². The molecule has 0 aliphatic heterocycles. The highest BCUT2D eigenvalue weighted by Gasteiger charge is 2.10. The van der Waals surface area contributed by atoms with E-state index >= 15 is 0 Å². The van der Waals surface area contributed by atoms with Gasteiger partial charge < -0.3 is 5.11 Å². The quantitative estimate of drug-likeness (QED) is 0.346. The SMILES string of the molecule is CCCCCCCCCCc1ccc(-n2nc3ccc(CCC)cc3n2)c(O)c1. The molecule has 2 aromatic carbocycles. The summed E-state index contributed by atoms with van der Waals surface area (Å²) in [7, 11) is 0. The van der Waals surface area contributed by atoms with E-state index in [1.54, 1.807) is 4.80 Å². The molecule has 0 aliphatic rings. The van der Waals surface area contributed by atoms with Crippen LogP contribution in [-0.2, 0) is 12.8 Å². The lowest BCUT2D eigenvalue weighted by Gasteiger charge is -2.07. The molecule has 1 heterocycles. The molecule has 0 bridgehead atoms. The fourth-order valence-electron chi connectivity index (χ4n) is 3.87. The van der Waals surface area contributed by atoms with E-state index in [2.05, 4.69) is 42.2 Å². The van der Waals surface area contributed by atoms with Crippen LogP contribution in [-0.4, -0.2) is 20.1 Å². The molecule has 0 fully saturated rings. The number of aromatic nitrogens is 3. The summed E-state index contributed by atoms with van der Waals surface area (Å²) in [5, 5.41) is 19.6. The van der Waals surface area contributed by atoms with E-state index in [1.165, 1.54) is 62.5 Å². The van der Waals surface area contributed by atoms with Gasteiger partial charge in [0.25, 0.3) is 0 Å². The Labute approximate surface area is 175 Å². The normalized spacial score (nSPS) is 11.4. The van der Waals surface area contributed by atoms with Gasteiger partial charge in [0, 0.05) is 0 Å². The smallest absolute Gasteiger partial charge is 0.143 e. The van der Waals surface area contributed by atoms with E-state index in [0.717, 1.165) is 30.3 Å². The molecule has 0 unspecified atom stereocenters. The lowest BCUT2D eigenvalue weighted by molar-refractivity contribution is 0.466. The van der Waals surface area contributed by atoms with Crippen molar-refractivity contribution >= 4 is 11.0 Å². The Bertz CT molecular complexity index is 900. The zero-order valence-electron chi connectivity index (χ0n) is 18.0. The molecule has 0 saturated carbocycles. The third kappa shape index (κ3) is 6.06. The highest BCUT2D eigenvalue weighted by molar-refractivity contribution is 5.74. The third-order valence-corrected chi connectivity index (χ3v) is 5.56. The summed E-state index contributed by atoms with van der Waals surface area (Å²) >= 11 is 0. The Hall–Kier alpha value is -2.36. The Morgan fingerprint density at radius 1 is 0.690 bits per heavy atom. The lowest BCUT2D eigenvalue weighted by atomic mass is 10.0. The van der Waals surface area contributed by atoms with Crippen molar-refractivity contribution in [3.8, 4) is 11.4 Å². The molecule has 1 N–H and O–H groups in total. The highest BCUT2D eigenvalue weighted by Crippen LogP contribution is 2.24. The molecule has 0 radical (unpaired) electrons. The van der Waals surface area contributed by atoms with Gasteiger partial charge in [-0.25, -0.2) is 0 Å². The van der Waals surface area contributed by atoms with E-state index in [1.807, 2.05) is 18.2 Å². The van der Waals surface area contributed by atoms with Crippen LogP contribution in [0.15, 0.2) is 36.4 Å². The third-order valence-electron chi connectivity index (χ3n) is 5.56. The first-order valence-corrected chi connectivity index (χ1v) is 11.4. The standard InChI is InChI=1S/C25H35N3O/c1-3-5-6-7-8-9-10-11-13-21-15-17-24(25(29)19-21)28-26-22-16-14-20(12-4-2)18-23(22)27-28/h14-19,29H,3-13H2,1-2H3. The van der Waals surface area contributed by atoms with Gasteiger partial charge in [0.15, 0.2) is 0 Å². The second kappa shape index (κ2) is 11.0. The topological polar surface area (TPSA) is 50.9 Å². The van der Waals surface area contributed by atoms with Crippen molar-refractivity contribution < 1.29 is 5.11 Å². The molecule has 0 saturated heterocycles. The summed E-state index contributed by atoms with van der Waals surface area (Å²) in [5.41, 5.74) is 4.82. The molecular weight excluding hydrogens is 358 g/mol. The number of hydrogen-bond donors (Lipinski definition) is 1. The van der Waals surface area contributed by atoms with Crippen LogP contribution in [0.1, 0.15) is 82.8 Å². The number of rotatable bonds is 12. The lowest BCUT2D eigenvalue weighted by Crippen LogP contribution is -1.99. The number of hydrogen-bond acceptors (Lipinski definition) is 3. The maximum Gasteiger partial charge on any atom is 0.143 e. The Kier molecular flexibility index (Phi) is 8.09. The molecule has 4 heteroatoms. The zero-order chi connectivity index (χ0) is 20.5. The molecule has 3 rings (SSSR count). The van der Waals surface area contributed by atoms with Crippen LogP contribution in [0.3, 0.4) is 0 Å². The minimum absolute atomic E-state index is 0.246. The molecule has 0 spiro atoms. The number of phenols is 1. The second-order valence-electron chi connectivity index (χ2n) is 8.11. The van der Waals surface area contributed by atoms with Crippen molar-refractivity contribution in [2.75, 3.05) is 0 Å². The first-order chi connectivity index (χ1) is 14.2.